The third kappa shape index (κ3) is 12.1. The van der Waals surface area contributed by atoms with Crippen LogP contribution in [0.5, 0.6) is 0 Å². The molecule has 0 unspecified atom stereocenters. The average molecular weight is 435 g/mol. The normalized spacial score (nSPS) is 13.4. The van der Waals surface area contributed by atoms with Crippen molar-refractivity contribution in [2.24, 2.45) is 0 Å². The molecule has 0 fully saturated rings. The van der Waals surface area contributed by atoms with Crippen LogP contribution in [0.15, 0.2) is 30.3 Å². The molecule has 1 amide bonds. The van der Waals surface area contributed by atoms with Crippen molar-refractivity contribution >= 4 is 25.6 Å². The maximum atomic E-state index is 12.0. The van der Waals surface area contributed by atoms with Crippen molar-refractivity contribution in [1.82, 2.24) is 10.2 Å². The van der Waals surface area contributed by atoms with Gasteiger partial charge in [0.25, 0.3) is 0 Å². The molecule has 1 rings (SSSR count). The first-order chi connectivity index (χ1) is 13.0. The Labute approximate surface area is 168 Å². The van der Waals surface area contributed by atoms with Crippen LogP contribution in [0.25, 0.3) is 0 Å². The van der Waals surface area contributed by atoms with Gasteiger partial charge in [0.05, 0.1) is 24.2 Å². The summed E-state index contributed by atoms with van der Waals surface area (Å²) in [6.07, 6.45) is 2.27. The SMILES string of the molecule is C[C@H](NC(=O)COCCN(CCS(C)(=O)=O)CCS(C)(=O)=O)c1ccccc1. The molecular formula is C18H30N2O6S2. The lowest BCUT2D eigenvalue weighted by molar-refractivity contribution is -0.126. The summed E-state index contributed by atoms with van der Waals surface area (Å²) < 4.78 is 50.8. The zero-order valence-corrected chi connectivity index (χ0v) is 18.3. The van der Waals surface area contributed by atoms with Gasteiger partial charge in [-0.15, -0.1) is 0 Å². The van der Waals surface area contributed by atoms with E-state index < -0.39 is 19.7 Å². The molecule has 1 aromatic rings. The van der Waals surface area contributed by atoms with Crippen molar-refractivity contribution in [1.29, 1.82) is 0 Å². The lowest BCUT2D eigenvalue weighted by atomic mass is 10.1. The predicted molar refractivity (Wildman–Crippen MR) is 110 cm³/mol. The van der Waals surface area contributed by atoms with E-state index in [4.69, 9.17) is 4.74 Å². The molecule has 0 radical (unpaired) electrons. The van der Waals surface area contributed by atoms with E-state index in [1.165, 1.54) is 0 Å². The molecule has 160 valence electrons. The molecule has 0 bridgehead atoms. The van der Waals surface area contributed by atoms with Gasteiger partial charge in [-0.25, -0.2) is 16.8 Å². The van der Waals surface area contributed by atoms with E-state index >= 15 is 0 Å². The van der Waals surface area contributed by atoms with E-state index in [2.05, 4.69) is 5.32 Å². The van der Waals surface area contributed by atoms with Gasteiger partial charge in [0.15, 0.2) is 0 Å². The first kappa shape index (κ1) is 24.5. The zero-order chi connectivity index (χ0) is 21.2. The zero-order valence-electron chi connectivity index (χ0n) is 16.6. The molecule has 0 aliphatic carbocycles. The van der Waals surface area contributed by atoms with E-state index in [9.17, 15) is 21.6 Å². The van der Waals surface area contributed by atoms with Crippen molar-refractivity contribution in [3.63, 3.8) is 0 Å². The van der Waals surface area contributed by atoms with E-state index in [0.29, 0.717) is 6.54 Å². The van der Waals surface area contributed by atoms with Crippen LogP contribution < -0.4 is 5.32 Å². The van der Waals surface area contributed by atoms with Crippen LogP contribution >= 0.6 is 0 Å². The van der Waals surface area contributed by atoms with E-state index in [0.717, 1.165) is 18.1 Å². The fraction of sp³-hybridized carbons (Fsp3) is 0.611. The third-order valence-corrected chi connectivity index (χ3v) is 5.87. The highest BCUT2D eigenvalue weighted by Crippen LogP contribution is 2.10. The number of hydrogen-bond donors (Lipinski definition) is 1. The van der Waals surface area contributed by atoms with Crippen molar-refractivity contribution in [3.05, 3.63) is 35.9 Å². The molecule has 0 saturated carbocycles. The average Bonchev–Trinajstić information content (AvgIpc) is 2.59. The Morgan fingerprint density at radius 1 is 1.00 bits per heavy atom. The largest absolute Gasteiger partial charge is 0.370 e. The van der Waals surface area contributed by atoms with Gasteiger partial charge in [-0.3, -0.25) is 9.69 Å². The number of hydrogen-bond acceptors (Lipinski definition) is 7. The number of benzene rings is 1. The predicted octanol–water partition coefficient (Wildman–Crippen LogP) is 0.272. The fourth-order valence-corrected chi connectivity index (χ4v) is 3.57. The monoisotopic (exact) mass is 434 g/mol. The number of carbonyl (C=O) groups is 1. The molecule has 8 nitrogen and oxygen atoms in total. The first-order valence-electron chi connectivity index (χ1n) is 8.96. The quantitative estimate of drug-likeness (QED) is 0.444. The van der Waals surface area contributed by atoms with Gasteiger partial charge in [0, 0.05) is 32.1 Å². The van der Waals surface area contributed by atoms with E-state index in [-0.39, 0.29) is 49.8 Å². The van der Waals surface area contributed by atoms with Crippen molar-refractivity contribution < 1.29 is 26.4 Å². The van der Waals surface area contributed by atoms with Crippen LogP contribution in [0, 0.1) is 0 Å². The van der Waals surface area contributed by atoms with E-state index in [1.807, 2.05) is 37.3 Å². The van der Waals surface area contributed by atoms with Gasteiger partial charge in [0.1, 0.15) is 26.3 Å². The Kier molecular flexibility index (Phi) is 10.1. The Morgan fingerprint density at radius 3 is 2.04 bits per heavy atom. The van der Waals surface area contributed by atoms with Gasteiger partial charge in [0.2, 0.25) is 5.91 Å². The molecule has 0 heterocycles. The molecule has 0 saturated heterocycles. The Bertz CT molecular complexity index is 774. The first-order valence-corrected chi connectivity index (χ1v) is 13.1. The van der Waals surface area contributed by atoms with Gasteiger partial charge in [-0.1, -0.05) is 30.3 Å². The second-order valence-electron chi connectivity index (χ2n) is 6.85. The maximum absolute atomic E-state index is 12.0. The summed E-state index contributed by atoms with van der Waals surface area (Å²) in [5.74, 6) is -0.382. The number of rotatable bonds is 13. The smallest absolute Gasteiger partial charge is 0.246 e. The maximum Gasteiger partial charge on any atom is 0.246 e. The van der Waals surface area contributed by atoms with E-state index in [1.54, 1.807) is 4.90 Å². The third-order valence-electron chi connectivity index (χ3n) is 4.02. The Balaban J connectivity index is 2.39. The summed E-state index contributed by atoms with van der Waals surface area (Å²) in [5.41, 5.74) is 0.989. The van der Waals surface area contributed by atoms with Gasteiger partial charge >= 0.3 is 0 Å². The number of amides is 1. The molecule has 1 atom stereocenters. The highest BCUT2D eigenvalue weighted by Gasteiger charge is 2.13. The summed E-state index contributed by atoms with van der Waals surface area (Å²) in [7, 11) is -6.31. The van der Waals surface area contributed by atoms with Crippen LogP contribution in [0.1, 0.15) is 18.5 Å². The van der Waals surface area contributed by atoms with Crippen LogP contribution in [0.4, 0.5) is 0 Å². The molecule has 1 aromatic carbocycles. The second-order valence-corrected chi connectivity index (χ2v) is 11.4. The van der Waals surface area contributed by atoms with Crippen LogP contribution in [0.3, 0.4) is 0 Å². The number of sulfone groups is 2. The number of nitrogens with zero attached hydrogens (tertiary/aromatic N) is 1. The van der Waals surface area contributed by atoms with Gasteiger partial charge in [-0.2, -0.15) is 0 Å². The fourth-order valence-electron chi connectivity index (χ4n) is 2.39. The second kappa shape index (κ2) is 11.5. The van der Waals surface area contributed by atoms with Crippen LogP contribution in [0.2, 0.25) is 0 Å². The Hall–Kier alpha value is -1.49. The molecular weight excluding hydrogens is 404 g/mol. The number of carbonyl (C=O) groups excluding carboxylic acids is 1. The highest BCUT2D eigenvalue weighted by atomic mass is 32.2. The lowest BCUT2D eigenvalue weighted by Crippen LogP contribution is -2.36. The topological polar surface area (TPSA) is 110 Å². The molecule has 0 spiro atoms. The molecule has 0 aliphatic heterocycles. The highest BCUT2D eigenvalue weighted by molar-refractivity contribution is 7.90. The van der Waals surface area contributed by atoms with Crippen LogP contribution in [-0.4, -0.2) is 84.5 Å². The number of nitrogens with one attached hydrogen (secondary N) is 1. The minimum atomic E-state index is -3.15. The lowest BCUT2D eigenvalue weighted by Gasteiger charge is -2.21. The van der Waals surface area contributed by atoms with Gasteiger partial charge < -0.3 is 10.1 Å². The summed E-state index contributed by atoms with van der Waals surface area (Å²) in [5, 5.41) is 2.84. The standard InChI is InChI=1S/C18H30N2O6S2/c1-16(17-7-5-4-6-8-17)19-18(21)15-26-12-9-20(10-13-27(2,22)23)11-14-28(3,24)25/h4-8,16H,9-15H2,1-3H3,(H,19,21)/t16-/m0/s1. The minimum Gasteiger partial charge on any atom is -0.370 e. The molecule has 10 heteroatoms. The van der Waals surface area contributed by atoms with Crippen molar-refractivity contribution in [3.8, 4) is 0 Å². The Morgan fingerprint density at radius 2 is 1.54 bits per heavy atom. The summed E-state index contributed by atoms with van der Waals surface area (Å²) in [6, 6.07) is 9.41. The molecule has 1 N–H and O–H groups in total. The van der Waals surface area contributed by atoms with Crippen LogP contribution in [-0.2, 0) is 29.2 Å². The van der Waals surface area contributed by atoms with Gasteiger partial charge in [-0.05, 0) is 12.5 Å². The molecule has 0 aromatic heterocycles. The summed E-state index contributed by atoms with van der Waals surface area (Å²) in [4.78, 5) is 13.7. The number of ether oxygens (including phenoxy) is 1. The molecule has 28 heavy (non-hydrogen) atoms. The molecule has 0 aliphatic rings. The summed E-state index contributed by atoms with van der Waals surface area (Å²) in [6.45, 7) is 2.73. The van der Waals surface area contributed by atoms with Crippen molar-refractivity contribution in [2.75, 3.05) is 56.9 Å². The van der Waals surface area contributed by atoms with Crippen molar-refractivity contribution in [2.45, 2.75) is 13.0 Å². The minimum absolute atomic E-state index is 0.0637. The summed E-state index contributed by atoms with van der Waals surface area (Å²) >= 11 is 0.